The van der Waals surface area contributed by atoms with Crippen LogP contribution in [-0.2, 0) is 9.53 Å². The van der Waals surface area contributed by atoms with Gasteiger partial charge in [0.05, 0.1) is 18.2 Å². The van der Waals surface area contributed by atoms with Crippen LogP contribution < -0.4 is 14.2 Å². The predicted molar refractivity (Wildman–Crippen MR) is 116 cm³/mol. The first-order valence-electron chi connectivity index (χ1n) is 8.66. The molecular weight excluding hydrogens is 506 g/mol. The number of halogens is 2. The fourth-order valence-corrected chi connectivity index (χ4v) is 3.15. The van der Waals surface area contributed by atoms with Gasteiger partial charge in [-0.1, -0.05) is 15.9 Å². The Bertz CT molecular complexity index is 920. The molecule has 2 aromatic rings. The van der Waals surface area contributed by atoms with E-state index in [0.29, 0.717) is 34.7 Å². The quantitative estimate of drug-likeness (QED) is 0.195. The highest BCUT2D eigenvalue weighted by atomic mass is 79.9. The van der Waals surface area contributed by atoms with Crippen LogP contribution in [-0.4, -0.2) is 32.9 Å². The van der Waals surface area contributed by atoms with Crippen molar-refractivity contribution in [1.82, 2.24) is 0 Å². The average Bonchev–Trinajstić information content (AvgIpc) is 2.71. The fraction of sp³-hybridized carbons (Fsp3) is 0.238. The molecule has 0 saturated carbocycles. The zero-order chi connectivity index (χ0) is 21.2. The van der Waals surface area contributed by atoms with Gasteiger partial charge < -0.3 is 18.9 Å². The molecular formula is C21H19Br2NO5. The summed E-state index contributed by atoms with van der Waals surface area (Å²) in [6, 6.07) is 12.8. The Balaban J connectivity index is 2.08. The van der Waals surface area contributed by atoms with E-state index in [1.807, 2.05) is 30.3 Å². The summed E-state index contributed by atoms with van der Waals surface area (Å²) >= 11 is 6.82. The van der Waals surface area contributed by atoms with E-state index in [4.69, 9.17) is 18.9 Å². The molecule has 0 heterocycles. The van der Waals surface area contributed by atoms with Crippen molar-refractivity contribution in [2.45, 2.75) is 6.92 Å². The van der Waals surface area contributed by atoms with Crippen molar-refractivity contribution in [1.29, 1.82) is 5.26 Å². The van der Waals surface area contributed by atoms with Crippen LogP contribution in [0.15, 0.2) is 50.9 Å². The molecule has 0 bridgehead atoms. The van der Waals surface area contributed by atoms with E-state index in [2.05, 4.69) is 31.9 Å². The normalized spacial score (nSPS) is 10.8. The number of rotatable bonds is 9. The van der Waals surface area contributed by atoms with Gasteiger partial charge in [0, 0.05) is 4.47 Å². The van der Waals surface area contributed by atoms with Crippen LogP contribution in [0, 0.1) is 11.3 Å². The molecule has 0 N–H and O–H groups in total. The van der Waals surface area contributed by atoms with Crippen molar-refractivity contribution >= 4 is 43.9 Å². The van der Waals surface area contributed by atoms with E-state index in [9.17, 15) is 10.1 Å². The molecule has 29 heavy (non-hydrogen) atoms. The molecule has 0 amide bonds. The second-order valence-corrected chi connectivity index (χ2v) is 7.35. The van der Waals surface area contributed by atoms with E-state index in [1.165, 1.54) is 13.2 Å². The molecule has 0 aliphatic rings. The van der Waals surface area contributed by atoms with Crippen LogP contribution >= 0.6 is 31.9 Å². The molecule has 8 heteroatoms. The van der Waals surface area contributed by atoms with Gasteiger partial charge in [-0.25, -0.2) is 4.79 Å². The van der Waals surface area contributed by atoms with Crippen LogP contribution in [0.3, 0.4) is 0 Å². The minimum Gasteiger partial charge on any atom is -0.493 e. The Labute approximate surface area is 186 Å². The SMILES string of the molecule is CCOC(=O)/C(C#N)=C/c1cc(Br)c(OCCOc2ccc(Br)cc2)c(OC)c1. The highest BCUT2D eigenvalue weighted by Crippen LogP contribution is 2.37. The molecule has 0 aliphatic heterocycles. The molecule has 0 radical (unpaired) electrons. The molecule has 2 aromatic carbocycles. The number of esters is 1. The van der Waals surface area contributed by atoms with Crippen LogP contribution in [0.5, 0.6) is 17.2 Å². The maximum Gasteiger partial charge on any atom is 0.348 e. The van der Waals surface area contributed by atoms with Crippen molar-refractivity contribution in [2.24, 2.45) is 0 Å². The van der Waals surface area contributed by atoms with E-state index in [1.54, 1.807) is 19.1 Å². The monoisotopic (exact) mass is 523 g/mol. The number of ether oxygens (including phenoxy) is 4. The summed E-state index contributed by atoms with van der Waals surface area (Å²) in [4.78, 5) is 11.8. The Morgan fingerprint density at radius 2 is 1.83 bits per heavy atom. The van der Waals surface area contributed by atoms with Gasteiger partial charge in [0.1, 0.15) is 30.6 Å². The summed E-state index contributed by atoms with van der Waals surface area (Å²) in [6.45, 7) is 2.52. The van der Waals surface area contributed by atoms with Crippen molar-refractivity contribution < 1.29 is 23.7 Å². The maximum atomic E-state index is 11.8. The lowest BCUT2D eigenvalue weighted by Crippen LogP contribution is -2.10. The molecule has 0 fully saturated rings. The highest BCUT2D eigenvalue weighted by Gasteiger charge is 2.14. The standard InChI is InChI=1S/C21H19Br2NO5/c1-3-27-21(25)15(13-24)10-14-11-18(23)20(19(12-14)26-2)29-9-8-28-17-6-4-16(22)5-7-17/h4-7,10-12H,3,8-9H2,1-2H3/b15-10+. The second kappa shape index (κ2) is 11.5. The summed E-state index contributed by atoms with van der Waals surface area (Å²) in [5.74, 6) is 1.02. The van der Waals surface area contributed by atoms with E-state index >= 15 is 0 Å². The zero-order valence-electron chi connectivity index (χ0n) is 15.9. The molecule has 0 aliphatic carbocycles. The largest absolute Gasteiger partial charge is 0.493 e. The number of nitrogens with zero attached hydrogens (tertiary/aromatic N) is 1. The molecule has 152 valence electrons. The predicted octanol–water partition coefficient (Wildman–Crippen LogP) is 5.15. The van der Waals surface area contributed by atoms with E-state index < -0.39 is 5.97 Å². The van der Waals surface area contributed by atoms with Gasteiger partial charge in [-0.05, 0) is 70.9 Å². The number of hydrogen-bond acceptors (Lipinski definition) is 6. The molecule has 0 spiro atoms. The summed E-state index contributed by atoms with van der Waals surface area (Å²) in [5.41, 5.74) is 0.495. The topological polar surface area (TPSA) is 77.8 Å². The minimum atomic E-state index is -0.671. The molecule has 0 aromatic heterocycles. The van der Waals surface area contributed by atoms with Gasteiger partial charge in [0.25, 0.3) is 0 Å². The van der Waals surface area contributed by atoms with Crippen LogP contribution in [0.4, 0.5) is 0 Å². The Kier molecular flexibility index (Phi) is 9.03. The Hall–Kier alpha value is -2.50. The molecule has 6 nitrogen and oxygen atoms in total. The van der Waals surface area contributed by atoms with Crippen molar-refractivity contribution in [3.8, 4) is 23.3 Å². The van der Waals surface area contributed by atoms with Gasteiger partial charge in [-0.15, -0.1) is 0 Å². The first-order chi connectivity index (χ1) is 14.0. The first-order valence-corrected chi connectivity index (χ1v) is 10.2. The van der Waals surface area contributed by atoms with Gasteiger partial charge in [0.15, 0.2) is 11.5 Å². The number of nitriles is 1. The van der Waals surface area contributed by atoms with Crippen LogP contribution in [0.2, 0.25) is 0 Å². The number of carbonyl (C=O) groups is 1. The lowest BCUT2D eigenvalue weighted by Gasteiger charge is -2.14. The molecule has 0 unspecified atom stereocenters. The highest BCUT2D eigenvalue weighted by molar-refractivity contribution is 9.10. The van der Waals surface area contributed by atoms with Crippen molar-refractivity contribution in [3.05, 3.63) is 56.5 Å². The third kappa shape index (κ3) is 6.80. The Morgan fingerprint density at radius 3 is 2.45 bits per heavy atom. The number of hydrogen-bond donors (Lipinski definition) is 0. The van der Waals surface area contributed by atoms with Gasteiger partial charge in [-0.2, -0.15) is 5.26 Å². The Morgan fingerprint density at radius 1 is 1.14 bits per heavy atom. The molecule has 0 saturated heterocycles. The van der Waals surface area contributed by atoms with Crippen LogP contribution in [0.25, 0.3) is 6.08 Å². The minimum absolute atomic E-state index is 0.0997. The fourth-order valence-electron chi connectivity index (χ4n) is 2.31. The summed E-state index contributed by atoms with van der Waals surface area (Å²) in [5, 5.41) is 9.18. The first kappa shape index (κ1) is 22.8. The summed E-state index contributed by atoms with van der Waals surface area (Å²) < 4.78 is 23.3. The zero-order valence-corrected chi connectivity index (χ0v) is 19.1. The van der Waals surface area contributed by atoms with Gasteiger partial charge in [0.2, 0.25) is 0 Å². The lowest BCUT2D eigenvalue weighted by molar-refractivity contribution is -0.137. The third-order valence-electron chi connectivity index (χ3n) is 3.59. The summed E-state index contributed by atoms with van der Waals surface area (Å²) in [6.07, 6.45) is 1.44. The summed E-state index contributed by atoms with van der Waals surface area (Å²) in [7, 11) is 1.51. The lowest BCUT2D eigenvalue weighted by atomic mass is 10.1. The van der Waals surface area contributed by atoms with Gasteiger partial charge >= 0.3 is 5.97 Å². The smallest absolute Gasteiger partial charge is 0.348 e. The van der Waals surface area contributed by atoms with Gasteiger partial charge in [-0.3, -0.25) is 0 Å². The maximum absolute atomic E-state index is 11.8. The average molecular weight is 525 g/mol. The molecule has 0 atom stereocenters. The van der Waals surface area contributed by atoms with E-state index in [-0.39, 0.29) is 12.2 Å². The number of methoxy groups -OCH3 is 1. The number of benzene rings is 2. The van der Waals surface area contributed by atoms with E-state index in [0.717, 1.165) is 10.2 Å². The second-order valence-electron chi connectivity index (χ2n) is 5.58. The van der Waals surface area contributed by atoms with Crippen LogP contribution in [0.1, 0.15) is 12.5 Å². The van der Waals surface area contributed by atoms with Crippen molar-refractivity contribution in [3.63, 3.8) is 0 Å². The van der Waals surface area contributed by atoms with Crippen molar-refractivity contribution in [2.75, 3.05) is 26.9 Å². The number of carbonyl (C=O) groups excluding carboxylic acids is 1. The third-order valence-corrected chi connectivity index (χ3v) is 4.71. The molecule has 2 rings (SSSR count).